The van der Waals surface area contributed by atoms with E-state index in [9.17, 15) is 14.3 Å². The van der Waals surface area contributed by atoms with Crippen LogP contribution in [0.1, 0.15) is 10.4 Å². The molecule has 0 saturated heterocycles. The highest BCUT2D eigenvalue weighted by molar-refractivity contribution is 6.04. The van der Waals surface area contributed by atoms with Gasteiger partial charge >= 0.3 is 5.97 Å². The number of methoxy groups -OCH3 is 1. The van der Waals surface area contributed by atoms with Crippen molar-refractivity contribution in [1.29, 1.82) is 0 Å². The highest BCUT2D eigenvalue weighted by atomic mass is 19.1. The molecule has 1 N–H and O–H groups in total. The summed E-state index contributed by atoms with van der Waals surface area (Å²) in [6, 6.07) is 12.4. The van der Waals surface area contributed by atoms with Crippen molar-refractivity contribution in [3.8, 4) is 17.0 Å². The third-order valence-corrected chi connectivity index (χ3v) is 3.40. The van der Waals surface area contributed by atoms with Gasteiger partial charge in [0.15, 0.2) is 0 Å². The summed E-state index contributed by atoms with van der Waals surface area (Å²) in [6.45, 7) is 0. The maximum absolute atomic E-state index is 13.9. The van der Waals surface area contributed by atoms with E-state index in [1.165, 1.54) is 19.2 Å². The minimum Gasteiger partial charge on any atom is -0.497 e. The van der Waals surface area contributed by atoms with Crippen LogP contribution in [-0.4, -0.2) is 23.2 Å². The summed E-state index contributed by atoms with van der Waals surface area (Å²) in [5, 5.41) is 9.88. The number of carbonyl (C=O) groups is 1. The summed E-state index contributed by atoms with van der Waals surface area (Å²) < 4.78 is 19.1. The molecule has 0 aliphatic heterocycles. The Morgan fingerprint density at radius 3 is 2.64 bits per heavy atom. The number of hydrogen-bond donors (Lipinski definition) is 1. The Balaban J connectivity index is 2.32. The van der Waals surface area contributed by atoms with E-state index in [4.69, 9.17) is 4.74 Å². The number of halogens is 1. The van der Waals surface area contributed by atoms with Gasteiger partial charge in [0.2, 0.25) is 0 Å². The lowest BCUT2D eigenvalue weighted by atomic mass is 10.0. The third-order valence-electron chi connectivity index (χ3n) is 3.40. The first-order valence-corrected chi connectivity index (χ1v) is 6.57. The Bertz CT molecular complexity index is 877. The van der Waals surface area contributed by atoms with Gasteiger partial charge in [-0.25, -0.2) is 14.2 Å². The van der Waals surface area contributed by atoms with Crippen LogP contribution in [-0.2, 0) is 0 Å². The van der Waals surface area contributed by atoms with Gasteiger partial charge in [-0.05, 0) is 30.3 Å². The number of nitrogens with zero attached hydrogens (tertiary/aromatic N) is 1. The molecule has 1 aromatic heterocycles. The van der Waals surface area contributed by atoms with Crippen LogP contribution < -0.4 is 4.74 Å². The van der Waals surface area contributed by atoms with E-state index in [1.807, 2.05) is 0 Å². The maximum atomic E-state index is 13.9. The number of pyridine rings is 1. The van der Waals surface area contributed by atoms with E-state index in [2.05, 4.69) is 4.98 Å². The first-order valence-electron chi connectivity index (χ1n) is 6.57. The zero-order chi connectivity index (χ0) is 15.7. The molecule has 0 unspecified atom stereocenters. The molecule has 22 heavy (non-hydrogen) atoms. The molecule has 0 spiro atoms. The molecule has 0 fully saturated rings. The van der Waals surface area contributed by atoms with E-state index < -0.39 is 11.8 Å². The average molecular weight is 297 g/mol. The molecule has 5 heteroatoms. The van der Waals surface area contributed by atoms with Gasteiger partial charge in [-0.1, -0.05) is 12.1 Å². The van der Waals surface area contributed by atoms with Crippen LogP contribution in [0.15, 0.2) is 48.5 Å². The van der Waals surface area contributed by atoms with E-state index in [1.54, 1.807) is 36.4 Å². The van der Waals surface area contributed by atoms with Gasteiger partial charge in [0, 0.05) is 17.0 Å². The van der Waals surface area contributed by atoms with Crippen molar-refractivity contribution in [2.75, 3.05) is 7.11 Å². The van der Waals surface area contributed by atoms with Crippen LogP contribution in [0.3, 0.4) is 0 Å². The fourth-order valence-corrected chi connectivity index (χ4v) is 2.32. The van der Waals surface area contributed by atoms with Crippen LogP contribution >= 0.6 is 0 Å². The second-order valence-corrected chi connectivity index (χ2v) is 4.72. The SMILES string of the molecule is COc1ccc2c(C(=O)O)cc(-c3ccccc3F)nc2c1. The second-order valence-electron chi connectivity index (χ2n) is 4.72. The van der Waals surface area contributed by atoms with Gasteiger partial charge in [0.1, 0.15) is 11.6 Å². The Kier molecular flexibility index (Phi) is 3.47. The summed E-state index contributed by atoms with van der Waals surface area (Å²) >= 11 is 0. The molecule has 0 amide bonds. The van der Waals surface area contributed by atoms with Crippen molar-refractivity contribution < 1.29 is 19.0 Å². The number of aromatic nitrogens is 1. The summed E-state index contributed by atoms with van der Waals surface area (Å²) in [5.74, 6) is -0.981. The molecule has 0 bridgehead atoms. The summed E-state index contributed by atoms with van der Waals surface area (Å²) in [6.07, 6.45) is 0. The highest BCUT2D eigenvalue weighted by Gasteiger charge is 2.15. The zero-order valence-corrected chi connectivity index (χ0v) is 11.7. The Labute approximate surface area is 125 Å². The number of carboxylic acids is 1. The van der Waals surface area contributed by atoms with Crippen molar-refractivity contribution >= 4 is 16.9 Å². The van der Waals surface area contributed by atoms with Gasteiger partial charge in [-0.2, -0.15) is 0 Å². The quantitative estimate of drug-likeness (QED) is 0.800. The molecule has 0 aliphatic rings. The van der Waals surface area contributed by atoms with Gasteiger partial charge in [0.25, 0.3) is 0 Å². The van der Waals surface area contributed by atoms with E-state index >= 15 is 0 Å². The number of aromatic carboxylic acids is 1. The molecule has 0 radical (unpaired) electrons. The van der Waals surface area contributed by atoms with Gasteiger partial charge in [-0.15, -0.1) is 0 Å². The number of carboxylic acid groups (broad SMARTS) is 1. The maximum Gasteiger partial charge on any atom is 0.336 e. The lowest BCUT2D eigenvalue weighted by Crippen LogP contribution is -2.01. The number of benzene rings is 2. The first-order chi connectivity index (χ1) is 10.6. The number of rotatable bonds is 3. The standard InChI is InChI=1S/C17H12FNO3/c1-22-10-6-7-11-13(17(20)21)9-16(19-15(11)8-10)12-4-2-3-5-14(12)18/h2-9H,1H3,(H,20,21). The molecular weight excluding hydrogens is 285 g/mol. The summed E-state index contributed by atoms with van der Waals surface area (Å²) in [5.41, 5.74) is 1.05. The third kappa shape index (κ3) is 2.37. The molecule has 4 nitrogen and oxygen atoms in total. The van der Waals surface area contributed by atoms with Crippen molar-refractivity contribution in [1.82, 2.24) is 4.98 Å². The lowest BCUT2D eigenvalue weighted by Gasteiger charge is -2.09. The van der Waals surface area contributed by atoms with Crippen molar-refractivity contribution in [2.24, 2.45) is 0 Å². The van der Waals surface area contributed by atoms with Crippen LogP contribution in [0, 0.1) is 5.82 Å². The van der Waals surface area contributed by atoms with E-state index in [0.717, 1.165) is 0 Å². The number of ether oxygens (including phenoxy) is 1. The predicted molar refractivity (Wildman–Crippen MR) is 80.6 cm³/mol. The molecule has 3 aromatic rings. The Hall–Kier alpha value is -2.95. The number of hydrogen-bond acceptors (Lipinski definition) is 3. The molecular formula is C17H12FNO3. The zero-order valence-electron chi connectivity index (χ0n) is 11.7. The number of fused-ring (bicyclic) bond motifs is 1. The summed E-state index contributed by atoms with van der Waals surface area (Å²) in [4.78, 5) is 15.9. The van der Waals surface area contributed by atoms with Gasteiger partial charge in [-0.3, -0.25) is 0 Å². The molecule has 2 aromatic carbocycles. The molecule has 3 rings (SSSR count). The van der Waals surface area contributed by atoms with Crippen molar-refractivity contribution in [3.63, 3.8) is 0 Å². The van der Waals surface area contributed by atoms with E-state index in [0.29, 0.717) is 16.7 Å². The van der Waals surface area contributed by atoms with Crippen LogP contribution in [0.25, 0.3) is 22.2 Å². The fraction of sp³-hybridized carbons (Fsp3) is 0.0588. The fourth-order valence-electron chi connectivity index (χ4n) is 2.32. The molecule has 0 atom stereocenters. The predicted octanol–water partition coefficient (Wildman–Crippen LogP) is 3.75. The summed E-state index contributed by atoms with van der Waals surface area (Å²) in [7, 11) is 1.51. The minimum atomic E-state index is -1.09. The topological polar surface area (TPSA) is 59.4 Å². The van der Waals surface area contributed by atoms with Crippen molar-refractivity contribution in [2.45, 2.75) is 0 Å². The monoisotopic (exact) mass is 297 g/mol. The second kappa shape index (κ2) is 5.44. The Morgan fingerprint density at radius 1 is 1.18 bits per heavy atom. The molecule has 0 aliphatic carbocycles. The van der Waals surface area contributed by atoms with Crippen LogP contribution in [0.5, 0.6) is 5.75 Å². The van der Waals surface area contributed by atoms with E-state index in [-0.39, 0.29) is 16.8 Å². The largest absolute Gasteiger partial charge is 0.497 e. The normalized spacial score (nSPS) is 10.6. The van der Waals surface area contributed by atoms with Crippen LogP contribution in [0.4, 0.5) is 4.39 Å². The molecule has 0 saturated carbocycles. The lowest BCUT2D eigenvalue weighted by molar-refractivity contribution is 0.0699. The average Bonchev–Trinajstić information content (AvgIpc) is 2.53. The molecule has 1 heterocycles. The smallest absolute Gasteiger partial charge is 0.336 e. The Morgan fingerprint density at radius 2 is 1.95 bits per heavy atom. The van der Waals surface area contributed by atoms with Crippen LogP contribution in [0.2, 0.25) is 0 Å². The minimum absolute atomic E-state index is 0.0749. The van der Waals surface area contributed by atoms with Gasteiger partial charge < -0.3 is 9.84 Å². The van der Waals surface area contributed by atoms with Gasteiger partial charge in [0.05, 0.1) is 23.9 Å². The highest BCUT2D eigenvalue weighted by Crippen LogP contribution is 2.28. The first kappa shape index (κ1) is 14.0. The van der Waals surface area contributed by atoms with Crippen molar-refractivity contribution in [3.05, 3.63) is 59.9 Å². The molecule has 110 valence electrons.